The Morgan fingerprint density at radius 3 is 2.84 bits per heavy atom. The number of nitrogens with zero attached hydrogens (tertiary/aromatic N) is 1. The van der Waals surface area contributed by atoms with Gasteiger partial charge >= 0.3 is 0 Å². The minimum absolute atomic E-state index is 0.109. The standard InChI is InChI=1S/C13H14ClIN2O2/c1-16-12(18)11-3-2-6-17(11)13(19)8-4-5-10(15)9(14)7-8/h4-5,7,11H,2-3,6H2,1H3,(H,16,18). The summed E-state index contributed by atoms with van der Waals surface area (Å²) in [6, 6.07) is 4.84. The van der Waals surface area contributed by atoms with Crippen molar-refractivity contribution in [1.82, 2.24) is 10.2 Å². The molecule has 0 bridgehead atoms. The third kappa shape index (κ3) is 3.02. The molecule has 1 fully saturated rings. The lowest BCUT2D eigenvalue weighted by Crippen LogP contribution is -2.44. The summed E-state index contributed by atoms with van der Waals surface area (Å²) in [6.45, 7) is 0.612. The zero-order valence-corrected chi connectivity index (χ0v) is 13.4. The van der Waals surface area contributed by atoms with Crippen LogP contribution >= 0.6 is 34.2 Å². The Bertz CT molecular complexity index is 521. The molecule has 19 heavy (non-hydrogen) atoms. The fourth-order valence-electron chi connectivity index (χ4n) is 2.24. The topological polar surface area (TPSA) is 49.4 Å². The number of hydrogen-bond acceptors (Lipinski definition) is 2. The third-order valence-electron chi connectivity index (χ3n) is 3.23. The van der Waals surface area contributed by atoms with Gasteiger partial charge in [-0.25, -0.2) is 0 Å². The highest BCUT2D eigenvalue weighted by Gasteiger charge is 2.33. The Balaban J connectivity index is 2.23. The van der Waals surface area contributed by atoms with Gasteiger partial charge in [0, 0.05) is 22.7 Å². The first-order chi connectivity index (χ1) is 9.04. The van der Waals surface area contributed by atoms with Crippen molar-refractivity contribution in [2.24, 2.45) is 0 Å². The minimum Gasteiger partial charge on any atom is -0.357 e. The van der Waals surface area contributed by atoms with E-state index in [0.717, 1.165) is 9.99 Å². The maximum atomic E-state index is 12.4. The number of benzene rings is 1. The molecule has 2 rings (SSSR count). The van der Waals surface area contributed by atoms with Gasteiger partial charge in [-0.15, -0.1) is 0 Å². The van der Waals surface area contributed by atoms with E-state index in [2.05, 4.69) is 27.9 Å². The van der Waals surface area contributed by atoms with Crippen LogP contribution in [0, 0.1) is 3.57 Å². The van der Waals surface area contributed by atoms with E-state index in [4.69, 9.17) is 11.6 Å². The lowest BCUT2D eigenvalue weighted by molar-refractivity contribution is -0.124. The largest absolute Gasteiger partial charge is 0.357 e. The zero-order valence-electron chi connectivity index (χ0n) is 10.5. The molecule has 0 aliphatic carbocycles. The van der Waals surface area contributed by atoms with Crippen molar-refractivity contribution in [1.29, 1.82) is 0 Å². The summed E-state index contributed by atoms with van der Waals surface area (Å²) in [5.41, 5.74) is 0.529. The quantitative estimate of drug-likeness (QED) is 0.785. The molecule has 0 saturated carbocycles. The van der Waals surface area contributed by atoms with Gasteiger partial charge in [-0.05, 0) is 53.6 Å². The van der Waals surface area contributed by atoms with E-state index < -0.39 is 0 Å². The smallest absolute Gasteiger partial charge is 0.254 e. The Hall–Kier alpha value is -0.820. The average molecular weight is 393 g/mol. The second-order valence-electron chi connectivity index (χ2n) is 4.40. The van der Waals surface area contributed by atoms with E-state index in [9.17, 15) is 9.59 Å². The zero-order chi connectivity index (χ0) is 14.0. The van der Waals surface area contributed by atoms with Gasteiger partial charge in [0.25, 0.3) is 5.91 Å². The second-order valence-corrected chi connectivity index (χ2v) is 5.97. The number of carbonyl (C=O) groups excluding carboxylic acids is 2. The van der Waals surface area contributed by atoms with Crippen LogP contribution in [0.2, 0.25) is 5.02 Å². The number of likely N-dealkylation sites (tertiary alicyclic amines) is 1. The van der Waals surface area contributed by atoms with Crippen LogP contribution in [0.1, 0.15) is 23.2 Å². The maximum absolute atomic E-state index is 12.4. The highest BCUT2D eigenvalue weighted by molar-refractivity contribution is 14.1. The van der Waals surface area contributed by atoms with Gasteiger partial charge in [-0.2, -0.15) is 0 Å². The van der Waals surface area contributed by atoms with Crippen LogP contribution in [0.25, 0.3) is 0 Å². The minimum atomic E-state index is -0.365. The van der Waals surface area contributed by atoms with E-state index in [1.165, 1.54) is 0 Å². The van der Waals surface area contributed by atoms with Gasteiger partial charge in [-0.1, -0.05) is 11.6 Å². The molecule has 0 spiro atoms. The van der Waals surface area contributed by atoms with Crippen LogP contribution < -0.4 is 5.32 Å². The molecule has 1 heterocycles. The predicted octanol–water partition coefficient (Wildman–Crippen LogP) is 2.30. The summed E-state index contributed by atoms with van der Waals surface area (Å²) in [5, 5.41) is 3.16. The monoisotopic (exact) mass is 392 g/mol. The van der Waals surface area contributed by atoms with E-state index >= 15 is 0 Å². The van der Waals surface area contributed by atoms with Gasteiger partial charge in [0.15, 0.2) is 0 Å². The van der Waals surface area contributed by atoms with Crippen molar-refractivity contribution in [3.05, 3.63) is 32.4 Å². The number of amides is 2. The molecule has 4 nitrogen and oxygen atoms in total. The molecule has 102 valence electrons. The van der Waals surface area contributed by atoms with Crippen molar-refractivity contribution < 1.29 is 9.59 Å². The Kier molecular flexibility index (Phi) is 4.67. The van der Waals surface area contributed by atoms with Crippen molar-refractivity contribution in [2.75, 3.05) is 13.6 Å². The molecule has 6 heteroatoms. The van der Waals surface area contributed by atoms with Crippen LogP contribution in [0.3, 0.4) is 0 Å². The molecule has 0 aromatic heterocycles. The number of nitrogens with one attached hydrogen (secondary N) is 1. The fraction of sp³-hybridized carbons (Fsp3) is 0.385. The van der Waals surface area contributed by atoms with E-state index in [0.29, 0.717) is 23.6 Å². The molecule has 1 aromatic rings. The highest BCUT2D eigenvalue weighted by atomic mass is 127. The average Bonchev–Trinajstić information content (AvgIpc) is 2.89. The highest BCUT2D eigenvalue weighted by Crippen LogP contribution is 2.24. The van der Waals surface area contributed by atoms with Gasteiger partial charge in [0.2, 0.25) is 5.91 Å². The summed E-state index contributed by atoms with van der Waals surface area (Å²) in [5.74, 6) is -0.244. The van der Waals surface area contributed by atoms with Crippen molar-refractivity contribution in [3.8, 4) is 0 Å². The fourth-order valence-corrected chi connectivity index (χ4v) is 2.76. The Labute approximate surface area is 130 Å². The lowest BCUT2D eigenvalue weighted by atomic mass is 10.1. The van der Waals surface area contributed by atoms with Gasteiger partial charge in [0.1, 0.15) is 6.04 Å². The summed E-state index contributed by atoms with van der Waals surface area (Å²) in [7, 11) is 1.59. The summed E-state index contributed by atoms with van der Waals surface area (Å²) in [4.78, 5) is 25.8. The molecule has 1 unspecified atom stereocenters. The second kappa shape index (κ2) is 6.09. The van der Waals surface area contributed by atoms with Gasteiger partial charge < -0.3 is 10.2 Å². The van der Waals surface area contributed by atoms with Crippen molar-refractivity contribution in [3.63, 3.8) is 0 Å². The number of halogens is 2. The summed E-state index contributed by atoms with van der Waals surface area (Å²) >= 11 is 8.15. The van der Waals surface area contributed by atoms with Crippen LogP contribution in [-0.4, -0.2) is 36.3 Å². The number of likely N-dealkylation sites (N-methyl/N-ethyl adjacent to an activating group) is 1. The van der Waals surface area contributed by atoms with E-state index in [1.54, 1.807) is 30.1 Å². The summed E-state index contributed by atoms with van der Waals surface area (Å²) < 4.78 is 0.903. The predicted molar refractivity (Wildman–Crippen MR) is 82.3 cm³/mol. The first-order valence-electron chi connectivity index (χ1n) is 6.02. The van der Waals surface area contributed by atoms with Crippen LogP contribution in [0.5, 0.6) is 0 Å². The molecule has 0 radical (unpaired) electrons. The third-order valence-corrected chi connectivity index (χ3v) is 4.80. The SMILES string of the molecule is CNC(=O)C1CCCN1C(=O)c1ccc(I)c(Cl)c1. The molecule has 1 aromatic carbocycles. The normalized spacial score (nSPS) is 18.5. The van der Waals surface area contributed by atoms with Crippen LogP contribution in [0.4, 0.5) is 0 Å². The number of rotatable bonds is 2. The van der Waals surface area contributed by atoms with Crippen molar-refractivity contribution >= 4 is 46.0 Å². The first kappa shape index (κ1) is 14.6. The van der Waals surface area contributed by atoms with E-state index in [1.807, 2.05) is 0 Å². The molecule has 1 N–H and O–H groups in total. The lowest BCUT2D eigenvalue weighted by Gasteiger charge is -2.23. The molecule has 2 amide bonds. The molecule has 1 aliphatic heterocycles. The molecule has 1 saturated heterocycles. The molecular weight excluding hydrogens is 379 g/mol. The number of carbonyl (C=O) groups is 2. The van der Waals surface area contributed by atoms with E-state index in [-0.39, 0.29) is 17.9 Å². The first-order valence-corrected chi connectivity index (χ1v) is 7.48. The van der Waals surface area contributed by atoms with Gasteiger partial charge in [0.05, 0.1) is 5.02 Å². The molecule has 1 atom stereocenters. The molecule has 1 aliphatic rings. The Morgan fingerprint density at radius 1 is 1.47 bits per heavy atom. The van der Waals surface area contributed by atoms with Crippen LogP contribution in [-0.2, 0) is 4.79 Å². The summed E-state index contributed by atoms with van der Waals surface area (Å²) in [6.07, 6.45) is 1.56. The van der Waals surface area contributed by atoms with Crippen molar-refractivity contribution in [2.45, 2.75) is 18.9 Å². The maximum Gasteiger partial charge on any atom is 0.254 e. The van der Waals surface area contributed by atoms with Crippen LogP contribution in [0.15, 0.2) is 18.2 Å². The Morgan fingerprint density at radius 2 is 2.21 bits per heavy atom. The molecular formula is C13H14ClIN2O2. The number of hydrogen-bond donors (Lipinski definition) is 1. The van der Waals surface area contributed by atoms with Gasteiger partial charge in [-0.3, -0.25) is 9.59 Å².